The molecule has 0 amide bonds. The van der Waals surface area contributed by atoms with Gasteiger partial charge in [0.15, 0.2) is 0 Å². The summed E-state index contributed by atoms with van der Waals surface area (Å²) < 4.78 is 0. The topological polar surface area (TPSA) is 79.5 Å². The molecule has 0 radical (unpaired) electrons. The first kappa shape index (κ1) is 14.9. The van der Waals surface area contributed by atoms with Crippen LogP contribution in [0.25, 0.3) is 0 Å². The van der Waals surface area contributed by atoms with Crippen molar-refractivity contribution in [2.75, 3.05) is 18.1 Å². The molecule has 0 aliphatic rings. The molecular weight excluding hydrogens is 270 g/mol. The van der Waals surface area contributed by atoms with Crippen molar-refractivity contribution in [1.29, 1.82) is 0 Å². The third-order valence-electron chi connectivity index (χ3n) is 3.07. The van der Waals surface area contributed by atoms with Crippen molar-refractivity contribution in [2.45, 2.75) is 13.5 Å². The van der Waals surface area contributed by atoms with Gasteiger partial charge in [-0.25, -0.2) is 4.98 Å². The van der Waals surface area contributed by atoms with Gasteiger partial charge in [0.1, 0.15) is 0 Å². The minimum atomic E-state index is -0.440. The zero-order chi connectivity index (χ0) is 15.2. The average molecular weight is 287 g/mol. The van der Waals surface area contributed by atoms with Crippen LogP contribution in [0.15, 0.2) is 42.6 Å². The van der Waals surface area contributed by atoms with Crippen LogP contribution >= 0.6 is 0 Å². The molecule has 1 aromatic carbocycles. The van der Waals surface area contributed by atoms with Crippen LogP contribution in [0.5, 0.6) is 0 Å². The Labute approximate surface area is 122 Å². The number of hydrogen-bond donors (Lipinski definition) is 1. The maximum atomic E-state index is 11.2. The van der Waals surface area contributed by atoms with E-state index in [-0.39, 0.29) is 24.7 Å². The number of aromatic nitrogens is 1. The van der Waals surface area contributed by atoms with Crippen molar-refractivity contribution >= 4 is 11.5 Å². The van der Waals surface area contributed by atoms with Gasteiger partial charge in [0, 0.05) is 25.4 Å². The van der Waals surface area contributed by atoms with Crippen LogP contribution in [0.3, 0.4) is 0 Å². The minimum absolute atomic E-state index is 0.0422. The lowest BCUT2D eigenvalue weighted by molar-refractivity contribution is -0.384. The van der Waals surface area contributed by atoms with Gasteiger partial charge >= 0.3 is 5.69 Å². The molecule has 21 heavy (non-hydrogen) atoms. The highest BCUT2D eigenvalue weighted by Gasteiger charge is 2.21. The number of nitro groups is 1. The summed E-state index contributed by atoms with van der Waals surface area (Å²) in [6.45, 7) is 2.40. The van der Waals surface area contributed by atoms with E-state index in [4.69, 9.17) is 0 Å². The second kappa shape index (κ2) is 6.81. The predicted octanol–water partition coefficient (Wildman–Crippen LogP) is 2.30. The Morgan fingerprint density at radius 3 is 2.67 bits per heavy atom. The zero-order valence-corrected chi connectivity index (χ0v) is 11.8. The molecule has 2 aromatic rings. The van der Waals surface area contributed by atoms with E-state index in [9.17, 15) is 15.2 Å². The molecule has 0 atom stereocenters. The van der Waals surface area contributed by atoms with Crippen LogP contribution < -0.4 is 4.90 Å². The Morgan fingerprint density at radius 1 is 1.33 bits per heavy atom. The first-order chi connectivity index (χ1) is 10.1. The van der Waals surface area contributed by atoms with Gasteiger partial charge in [0.25, 0.3) is 0 Å². The van der Waals surface area contributed by atoms with Gasteiger partial charge in [0.05, 0.1) is 11.5 Å². The predicted molar refractivity (Wildman–Crippen MR) is 80.2 cm³/mol. The number of nitrogens with zero attached hydrogens (tertiary/aromatic N) is 3. The lowest BCUT2D eigenvalue weighted by Crippen LogP contribution is -2.27. The molecule has 6 nitrogen and oxygen atoms in total. The number of aliphatic hydroxyl groups excluding tert-OH is 1. The van der Waals surface area contributed by atoms with Gasteiger partial charge < -0.3 is 10.0 Å². The van der Waals surface area contributed by atoms with Gasteiger partial charge in [-0.05, 0) is 18.1 Å². The Kier molecular flexibility index (Phi) is 4.84. The van der Waals surface area contributed by atoms with Crippen LogP contribution in [-0.2, 0) is 6.54 Å². The standard InChI is InChI=1S/C15H17N3O3/c1-12-9-14(18(20)21)15(16-10-12)17(7-8-19)11-13-5-3-2-4-6-13/h2-6,9-10,19H,7-8,11H2,1H3. The third kappa shape index (κ3) is 3.76. The van der Waals surface area contributed by atoms with Gasteiger partial charge in [-0.3, -0.25) is 10.1 Å². The fourth-order valence-corrected chi connectivity index (χ4v) is 2.11. The van der Waals surface area contributed by atoms with Gasteiger partial charge in [-0.15, -0.1) is 0 Å². The molecule has 0 aliphatic carbocycles. The molecule has 1 heterocycles. The van der Waals surface area contributed by atoms with E-state index in [1.807, 2.05) is 30.3 Å². The number of pyridine rings is 1. The summed E-state index contributed by atoms with van der Waals surface area (Å²) in [7, 11) is 0. The molecule has 6 heteroatoms. The van der Waals surface area contributed by atoms with E-state index < -0.39 is 4.92 Å². The highest BCUT2D eigenvalue weighted by atomic mass is 16.6. The summed E-state index contributed by atoms with van der Waals surface area (Å²) in [6, 6.07) is 11.1. The zero-order valence-electron chi connectivity index (χ0n) is 11.8. The molecule has 0 fully saturated rings. The van der Waals surface area contributed by atoms with Crippen LogP contribution in [0.2, 0.25) is 0 Å². The number of anilines is 1. The summed E-state index contributed by atoms with van der Waals surface area (Å²) in [5, 5.41) is 20.4. The van der Waals surface area contributed by atoms with Crippen LogP contribution in [0.1, 0.15) is 11.1 Å². The first-order valence-corrected chi connectivity index (χ1v) is 6.62. The Balaban J connectivity index is 2.36. The normalized spacial score (nSPS) is 10.4. The summed E-state index contributed by atoms with van der Waals surface area (Å²) in [5.74, 6) is 0.281. The summed E-state index contributed by atoms with van der Waals surface area (Å²) in [5.41, 5.74) is 1.69. The second-order valence-electron chi connectivity index (χ2n) is 4.74. The smallest absolute Gasteiger partial charge is 0.311 e. The molecule has 0 aliphatic heterocycles. The summed E-state index contributed by atoms with van der Waals surface area (Å²) in [4.78, 5) is 16.7. The van der Waals surface area contributed by atoms with E-state index in [0.717, 1.165) is 11.1 Å². The largest absolute Gasteiger partial charge is 0.395 e. The van der Waals surface area contributed by atoms with E-state index in [1.165, 1.54) is 6.07 Å². The van der Waals surface area contributed by atoms with E-state index >= 15 is 0 Å². The molecule has 110 valence electrons. The Bertz CT molecular complexity index is 617. The van der Waals surface area contributed by atoms with E-state index in [1.54, 1.807) is 18.0 Å². The Morgan fingerprint density at radius 2 is 2.05 bits per heavy atom. The summed E-state index contributed by atoms with van der Waals surface area (Å²) in [6.07, 6.45) is 1.59. The fraction of sp³-hybridized carbons (Fsp3) is 0.267. The lowest BCUT2D eigenvalue weighted by Gasteiger charge is -2.22. The van der Waals surface area contributed by atoms with Gasteiger partial charge in [-0.1, -0.05) is 30.3 Å². The minimum Gasteiger partial charge on any atom is -0.395 e. The number of hydrogen-bond acceptors (Lipinski definition) is 5. The van der Waals surface area contributed by atoms with E-state index in [2.05, 4.69) is 4.98 Å². The van der Waals surface area contributed by atoms with Crippen molar-refractivity contribution in [3.63, 3.8) is 0 Å². The maximum Gasteiger partial charge on any atom is 0.311 e. The molecule has 0 bridgehead atoms. The van der Waals surface area contributed by atoms with Crippen LogP contribution in [-0.4, -0.2) is 28.2 Å². The molecule has 1 N–H and O–H groups in total. The highest BCUT2D eigenvalue weighted by molar-refractivity contribution is 5.58. The summed E-state index contributed by atoms with van der Waals surface area (Å²) >= 11 is 0. The molecule has 0 saturated heterocycles. The van der Waals surface area contributed by atoms with Crippen LogP contribution in [0, 0.1) is 17.0 Å². The number of benzene rings is 1. The Hall–Kier alpha value is -2.47. The maximum absolute atomic E-state index is 11.2. The molecule has 0 spiro atoms. The molecule has 0 saturated carbocycles. The monoisotopic (exact) mass is 287 g/mol. The third-order valence-corrected chi connectivity index (χ3v) is 3.07. The fourth-order valence-electron chi connectivity index (χ4n) is 2.11. The molecule has 2 rings (SSSR count). The number of aryl methyl sites for hydroxylation is 1. The van der Waals surface area contributed by atoms with Crippen molar-refractivity contribution in [3.05, 3.63) is 63.8 Å². The second-order valence-corrected chi connectivity index (χ2v) is 4.74. The molecular formula is C15H17N3O3. The average Bonchev–Trinajstić information content (AvgIpc) is 2.48. The van der Waals surface area contributed by atoms with E-state index in [0.29, 0.717) is 6.54 Å². The first-order valence-electron chi connectivity index (χ1n) is 6.62. The number of rotatable bonds is 6. The highest BCUT2D eigenvalue weighted by Crippen LogP contribution is 2.27. The van der Waals surface area contributed by atoms with Crippen molar-refractivity contribution < 1.29 is 10.0 Å². The van der Waals surface area contributed by atoms with Crippen molar-refractivity contribution in [1.82, 2.24) is 4.98 Å². The molecule has 0 unspecified atom stereocenters. The SMILES string of the molecule is Cc1cnc(N(CCO)Cc2ccccc2)c([N+](=O)[O-])c1. The lowest BCUT2D eigenvalue weighted by atomic mass is 10.2. The van der Waals surface area contributed by atoms with Gasteiger partial charge in [0.2, 0.25) is 5.82 Å². The van der Waals surface area contributed by atoms with Crippen LogP contribution in [0.4, 0.5) is 11.5 Å². The number of aliphatic hydroxyl groups is 1. The quantitative estimate of drug-likeness (QED) is 0.651. The molecule has 1 aromatic heterocycles. The van der Waals surface area contributed by atoms with Crippen molar-refractivity contribution in [2.24, 2.45) is 0 Å². The van der Waals surface area contributed by atoms with Crippen molar-refractivity contribution in [3.8, 4) is 0 Å². The van der Waals surface area contributed by atoms with Gasteiger partial charge in [-0.2, -0.15) is 0 Å².